The van der Waals surface area contributed by atoms with Gasteiger partial charge >= 0.3 is 0 Å². The Morgan fingerprint density at radius 3 is 2.94 bits per heavy atom. The van der Waals surface area contributed by atoms with Gasteiger partial charge in [0.2, 0.25) is 0 Å². The molecule has 1 aliphatic rings. The van der Waals surface area contributed by atoms with E-state index in [1.807, 2.05) is 46.0 Å². The van der Waals surface area contributed by atoms with Crippen LogP contribution in [0.1, 0.15) is 18.0 Å². The molecule has 5 heterocycles. The van der Waals surface area contributed by atoms with Crippen LogP contribution in [0, 0.1) is 0 Å². The van der Waals surface area contributed by atoms with E-state index >= 15 is 0 Å². The maximum atomic E-state index is 4.86. The third-order valence-corrected chi connectivity index (χ3v) is 5.66. The molecule has 1 atom stereocenters. The second kappa shape index (κ2) is 8.05. The second-order valence-electron chi connectivity index (χ2n) is 7.67. The summed E-state index contributed by atoms with van der Waals surface area (Å²) in [7, 11) is 0. The summed E-state index contributed by atoms with van der Waals surface area (Å²) in [5.74, 6) is 0. The zero-order chi connectivity index (χ0) is 19.9. The molecule has 31 heavy (non-hydrogen) atoms. The molecule has 1 N–H and O–H groups in total. The van der Waals surface area contributed by atoms with Gasteiger partial charge in [0.15, 0.2) is 5.65 Å². The molecule has 156 valence electrons. The highest BCUT2D eigenvalue weighted by atomic mass is 35.5. The van der Waals surface area contributed by atoms with Crippen molar-refractivity contribution in [1.82, 2.24) is 40.1 Å². The number of pyridine rings is 2. The van der Waals surface area contributed by atoms with Crippen molar-refractivity contribution >= 4 is 34.5 Å². The minimum Gasteiger partial charge on any atom is -0.315 e. The lowest BCUT2D eigenvalue weighted by molar-refractivity contribution is 0.491. The zero-order valence-corrected chi connectivity index (χ0v) is 17.5. The van der Waals surface area contributed by atoms with Crippen molar-refractivity contribution in [3.05, 3.63) is 66.6 Å². The first kappa shape index (κ1) is 19.6. The van der Waals surface area contributed by atoms with Gasteiger partial charge in [-0.3, -0.25) is 9.67 Å². The van der Waals surface area contributed by atoms with E-state index in [2.05, 4.69) is 50.1 Å². The fourth-order valence-corrected chi connectivity index (χ4v) is 4.05. The zero-order valence-electron chi connectivity index (χ0n) is 16.7. The van der Waals surface area contributed by atoms with E-state index in [4.69, 9.17) is 4.98 Å². The lowest BCUT2D eigenvalue weighted by Crippen LogP contribution is -2.13. The molecule has 0 spiro atoms. The summed E-state index contributed by atoms with van der Waals surface area (Å²) < 4.78 is 3.89. The van der Waals surface area contributed by atoms with Gasteiger partial charge in [0.1, 0.15) is 5.52 Å². The summed E-state index contributed by atoms with van der Waals surface area (Å²) in [6.45, 7) is 2.61. The molecule has 0 bridgehead atoms. The number of fused-ring (bicyclic) bond motifs is 2. The predicted molar refractivity (Wildman–Crippen MR) is 121 cm³/mol. The van der Waals surface area contributed by atoms with Crippen molar-refractivity contribution in [2.75, 3.05) is 13.1 Å². The molecule has 1 aromatic carbocycles. The van der Waals surface area contributed by atoms with Gasteiger partial charge in [0.05, 0.1) is 30.0 Å². The van der Waals surface area contributed by atoms with Crippen LogP contribution in [0.5, 0.6) is 0 Å². The Kier molecular flexibility index (Phi) is 5.09. The van der Waals surface area contributed by atoms with Gasteiger partial charge in [-0.2, -0.15) is 5.10 Å². The van der Waals surface area contributed by atoms with Gasteiger partial charge in [-0.1, -0.05) is 17.3 Å². The number of hydrogen-bond acceptors (Lipinski definition) is 6. The topological polar surface area (TPSA) is 86.3 Å². The molecule has 4 aromatic heterocycles. The molecule has 0 radical (unpaired) electrons. The standard InChI is InChI=1S/C22H20N8.ClH/c1-2-16-10-15(3-4-19(16)24-8-1)13-30-22-21(27-28-30)6-5-20(26-22)17-11-25-29(14-17)18-7-9-23-12-18;/h1-6,8,10-11,14,18,23H,7,9,12-13H2;1H/t18-;/m0./s1. The number of rotatable bonds is 4. The number of halogens is 1. The van der Waals surface area contributed by atoms with Crippen LogP contribution >= 0.6 is 12.4 Å². The van der Waals surface area contributed by atoms with Crippen LogP contribution in [0.25, 0.3) is 33.3 Å². The third kappa shape index (κ3) is 3.64. The van der Waals surface area contributed by atoms with E-state index in [1.165, 1.54) is 0 Å². The number of benzene rings is 1. The molecule has 8 nitrogen and oxygen atoms in total. The summed E-state index contributed by atoms with van der Waals surface area (Å²) in [5, 5.41) is 17.7. The number of hydrogen-bond donors (Lipinski definition) is 1. The largest absolute Gasteiger partial charge is 0.315 e. The Balaban J connectivity index is 0.00000204. The van der Waals surface area contributed by atoms with Crippen molar-refractivity contribution in [2.24, 2.45) is 0 Å². The number of aromatic nitrogens is 7. The molecule has 1 saturated heterocycles. The molecule has 6 rings (SSSR count). The Bertz CT molecular complexity index is 1350. The van der Waals surface area contributed by atoms with Crippen molar-refractivity contribution in [3.63, 3.8) is 0 Å². The fraction of sp³-hybridized carbons (Fsp3) is 0.227. The van der Waals surface area contributed by atoms with Gasteiger partial charge < -0.3 is 5.32 Å². The maximum Gasteiger partial charge on any atom is 0.179 e. The molecule has 9 heteroatoms. The summed E-state index contributed by atoms with van der Waals surface area (Å²) in [5.41, 5.74) is 5.57. The summed E-state index contributed by atoms with van der Waals surface area (Å²) >= 11 is 0. The SMILES string of the molecule is Cl.c1cnc2ccc(Cn3nnc4ccc(-c5cnn([C@H]6CCNC6)c5)nc43)cc2c1. The van der Waals surface area contributed by atoms with Crippen LogP contribution in [-0.4, -0.2) is 47.8 Å². The van der Waals surface area contributed by atoms with Gasteiger partial charge in [-0.05, 0) is 48.9 Å². The molecule has 5 aromatic rings. The van der Waals surface area contributed by atoms with Crippen LogP contribution in [0.15, 0.2) is 61.1 Å². The van der Waals surface area contributed by atoms with Gasteiger partial charge in [-0.15, -0.1) is 17.5 Å². The van der Waals surface area contributed by atoms with Crippen LogP contribution < -0.4 is 5.32 Å². The molecular weight excluding hydrogens is 412 g/mol. The Labute approximate surface area is 184 Å². The quantitative estimate of drug-likeness (QED) is 0.469. The highest BCUT2D eigenvalue weighted by molar-refractivity contribution is 5.85. The highest BCUT2D eigenvalue weighted by Gasteiger charge is 2.18. The second-order valence-corrected chi connectivity index (χ2v) is 7.67. The number of nitrogens with zero attached hydrogens (tertiary/aromatic N) is 7. The van der Waals surface area contributed by atoms with Crippen LogP contribution in [0.4, 0.5) is 0 Å². The third-order valence-electron chi connectivity index (χ3n) is 5.66. The molecule has 1 aliphatic heterocycles. The number of nitrogens with one attached hydrogen (secondary N) is 1. The molecule has 0 amide bonds. The van der Waals surface area contributed by atoms with E-state index in [0.717, 1.165) is 58.4 Å². The van der Waals surface area contributed by atoms with Crippen LogP contribution in [0.3, 0.4) is 0 Å². The van der Waals surface area contributed by atoms with E-state index in [9.17, 15) is 0 Å². The van der Waals surface area contributed by atoms with E-state index in [-0.39, 0.29) is 12.4 Å². The first-order valence-corrected chi connectivity index (χ1v) is 10.1. The van der Waals surface area contributed by atoms with Gasteiger partial charge in [0, 0.05) is 29.9 Å². The first-order chi connectivity index (χ1) is 14.8. The van der Waals surface area contributed by atoms with Crippen molar-refractivity contribution < 1.29 is 0 Å². The van der Waals surface area contributed by atoms with Crippen molar-refractivity contribution in [3.8, 4) is 11.3 Å². The average molecular weight is 433 g/mol. The first-order valence-electron chi connectivity index (χ1n) is 10.1. The minimum atomic E-state index is 0. The monoisotopic (exact) mass is 432 g/mol. The summed E-state index contributed by atoms with van der Waals surface area (Å²) in [6.07, 6.45) is 6.88. The lowest BCUT2D eigenvalue weighted by atomic mass is 10.1. The Morgan fingerprint density at radius 2 is 2.03 bits per heavy atom. The van der Waals surface area contributed by atoms with Gasteiger partial charge in [-0.25, -0.2) is 9.67 Å². The predicted octanol–water partition coefficient (Wildman–Crippen LogP) is 3.24. The maximum absolute atomic E-state index is 4.86. The molecule has 0 unspecified atom stereocenters. The average Bonchev–Trinajstić information content (AvgIpc) is 3.54. The Hall–Kier alpha value is -3.36. The fourth-order valence-electron chi connectivity index (χ4n) is 4.05. The Morgan fingerprint density at radius 1 is 1.10 bits per heavy atom. The molecular formula is C22H21ClN8. The van der Waals surface area contributed by atoms with E-state index in [1.54, 1.807) is 0 Å². The van der Waals surface area contributed by atoms with Crippen LogP contribution in [0.2, 0.25) is 0 Å². The molecule has 1 fully saturated rings. The van der Waals surface area contributed by atoms with Crippen molar-refractivity contribution in [1.29, 1.82) is 0 Å². The highest BCUT2D eigenvalue weighted by Crippen LogP contribution is 2.23. The van der Waals surface area contributed by atoms with Crippen LogP contribution in [-0.2, 0) is 6.54 Å². The van der Waals surface area contributed by atoms with E-state index < -0.39 is 0 Å². The van der Waals surface area contributed by atoms with E-state index in [0.29, 0.717) is 12.6 Å². The van der Waals surface area contributed by atoms with Gasteiger partial charge in [0.25, 0.3) is 0 Å². The molecule has 0 saturated carbocycles. The smallest absolute Gasteiger partial charge is 0.179 e. The van der Waals surface area contributed by atoms with Crippen molar-refractivity contribution in [2.45, 2.75) is 19.0 Å². The molecule has 0 aliphatic carbocycles. The normalized spacial score (nSPS) is 16.1. The minimum absolute atomic E-state index is 0. The summed E-state index contributed by atoms with van der Waals surface area (Å²) in [6, 6.07) is 14.6. The lowest BCUT2D eigenvalue weighted by Gasteiger charge is -2.07. The summed E-state index contributed by atoms with van der Waals surface area (Å²) in [4.78, 5) is 9.25.